The third-order valence-electron chi connectivity index (χ3n) is 3.94. The lowest BCUT2D eigenvalue weighted by atomic mass is 10.1. The molecule has 2 rings (SSSR count). The fourth-order valence-electron chi connectivity index (χ4n) is 2.68. The average molecular weight is 307 g/mol. The number of hydrogen-bond donors (Lipinski definition) is 1. The molecule has 0 aliphatic carbocycles. The Bertz CT molecular complexity index is 526. The molecule has 0 spiro atoms. The Morgan fingerprint density at radius 2 is 2.27 bits per heavy atom. The summed E-state index contributed by atoms with van der Waals surface area (Å²) in [4.78, 5) is 31.9. The summed E-state index contributed by atoms with van der Waals surface area (Å²) in [6, 6.07) is 0.233. The summed E-state index contributed by atoms with van der Waals surface area (Å²) in [6.45, 7) is 2.18. The van der Waals surface area contributed by atoms with Crippen LogP contribution in [0.5, 0.6) is 0 Å². The summed E-state index contributed by atoms with van der Waals surface area (Å²) < 4.78 is 1.74. The van der Waals surface area contributed by atoms with Gasteiger partial charge in [-0.05, 0) is 26.9 Å². The van der Waals surface area contributed by atoms with E-state index in [1.165, 1.54) is 0 Å². The molecule has 0 saturated carbocycles. The highest BCUT2D eigenvalue weighted by Gasteiger charge is 2.30. The second-order valence-electron chi connectivity index (χ2n) is 6.05. The summed E-state index contributed by atoms with van der Waals surface area (Å²) in [5.41, 5.74) is 0.425. The largest absolute Gasteiger partial charge is 0.351 e. The van der Waals surface area contributed by atoms with E-state index in [4.69, 9.17) is 0 Å². The molecule has 7 heteroatoms. The Kier molecular flexibility index (Phi) is 5.54. The molecule has 1 atom stereocenters. The van der Waals surface area contributed by atoms with Crippen molar-refractivity contribution >= 4 is 11.8 Å². The van der Waals surface area contributed by atoms with E-state index in [-0.39, 0.29) is 17.9 Å². The highest BCUT2D eigenvalue weighted by molar-refractivity contribution is 5.91. The van der Waals surface area contributed by atoms with Gasteiger partial charge in [-0.15, -0.1) is 0 Å². The molecule has 122 valence electrons. The van der Waals surface area contributed by atoms with Crippen molar-refractivity contribution in [1.82, 2.24) is 24.7 Å². The number of likely N-dealkylation sites (tertiary alicyclic amines) is 1. The number of imidazole rings is 1. The minimum atomic E-state index is -0.162. The van der Waals surface area contributed by atoms with E-state index in [9.17, 15) is 9.59 Å². The monoisotopic (exact) mass is 307 g/mol. The first-order valence-corrected chi connectivity index (χ1v) is 7.67. The van der Waals surface area contributed by atoms with Crippen molar-refractivity contribution in [3.05, 3.63) is 18.2 Å². The number of rotatable bonds is 7. The van der Waals surface area contributed by atoms with Gasteiger partial charge in [-0.3, -0.25) is 9.59 Å². The Morgan fingerprint density at radius 3 is 2.91 bits per heavy atom. The maximum atomic E-state index is 11.9. The minimum absolute atomic E-state index is 0.162. The van der Waals surface area contributed by atoms with Gasteiger partial charge in [0.25, 0.3) is 5.91 Å². The lowest BCUT2D eigenvalue weighted by Gasteiger charge is -2.26. The van der Waals surface area contributed by atoms with E-state index in [0.29, 0.717) is 18.7 Å². The van der Waals surface area contributed by atoms with Gasteiger partial charge in [-0.25, -0.2) is 4.98 Å². The zero-order chi connectivity index (χ0) is 16.1. The molecule has 1 fully saturated rings. The van der Waals surface area contributed by atoms with Crippen molar-refractivity contribution in [2.75, 3.05) is 33.7 Å². The van der Waals surface area contributed by atoms with Gasteiger partial charge in [0.1, 0.15) is 5.69 Å². The van der Waals surface area contributed by atoms with Crippen LogP contribution in [0.1, 0.15) is 29.8 Å². The van der Waals surface area contributed by atoms with Crippen molar-refractivity contribution in [3.63, 3.8) is 0 Å². The number of nitrogens with one attached hydrogen (secondary N) is 1. The van der Waals surface area contributed by atoms with Crippen molar-refractivity contribution < 1.29 is 9.59 Å². The zero-order valence-electron chi connectivity index (χ0n) is 13.6. The molecule has 0 radical (unpaired) electrons. The van der Waals surface area contributed by atoms with Crippen LogP contribution in [0.15, 0.2) is 12.5 Å². The molecule has 22 heavy (non-hydrogen) atoms. The van der Waals surface area contributed by atoms with Gasteiger partial charge in [0.15, 0.2) is 0 Å². The van der Waals surface area contributed by atoms with Gasteiger partial charge in [0.05, 0.1) is 6.33 Å². The normalized spacial score (nSPS) is 18.3. The van der Waals surface area contributed by atoms with E-state index in [1.807, 2.05) is 26.0 Å². The number of aryl methyl sites for hydroxylation is 1. The fraction of sp³-hybridized carbons (Fsp3) is 0.667. The van der Waals surface area contributed by atoms with Crippen molar-refractivity contribution in [1.29, 1.82) is 0 Å². The number of carbonyl (C=O) groups is 2. The molecule has 2 amide bonds. The van der Waals surface area contributed by atoms with Gasteiger partial charge < -0.3 is 19.7 Å². The van der Waals surface area contributed by atoms with Gasteiger partial charge in [-0.2, -0.15) is 0 Å². The number of hydrogen-bond acceptors (Lipinski definition) is 4. The van der Waals surface area contributed by atoms with E-state index in [0.717, 1.165) is 25.9 Å². The Labute approximate surface area is 131 Å². The fourth-order valence-corrected chi connectivity index (χ4v) is 2.68. The van der Waals surface area contributed by atoms with Gasteiger partial charge in [0.2, 0.25) is 5.91 Å². The molecule has 1 aromatic heterocycles. The predicted octanol–water partition coefficient (Wildman–Crippen LogP) is 0.0926. The van der Waals surface area contributed by atoms with E-state index < -0.39 is 0 Å². The van der Waals surface area contributed by atoms with Gasteiger partial charge in [0, 0.05) is 45.3 Å². The maximum Gasteiger partial charge on any atom is 0.271 e. The maximum absolute atomic E-state index is 11.9. The van der Waals surface area contributed by atoms with E-state index >= 15 is 0 Å². The topological polar surface area (TPSA) is 70.5 Å². The van der Waals surface area contributed by atoms with Crippen LogP contribution >= 0.6 is 0 Å². The number of amides is 2. The van der Waals surface area contributed by atoms with Gasteiger partial charge in [-0.1, -0.05) is 0 Å². The Hall–Kier alpha value is -1.89. The van der Waals surface area contributed by atoms with Crippen LogP contribution in [-0.4, -0.2) is 70.9 Å². The van der Waals surface area contributed by atoms with Crippen LogP contribution in [0.3, 0.4) is 0 Å². The standard InChI is InChI=1S/C15H25N5O2/c1-18(2)8-9-20-12(4-5-14(20)21)6-7-16-15(22)13-10-19(3)11-17-13/h10-12H,4-9H2,1-3H3,(H,16,22). The molecule has 1 N–H and O–H groups in total. The highest BCUT2D eigenvalue weighted by atomic mass is 16.2. The lowest BCUT2D eigenvalue weighted by molar-refractivity contribution is -0.129. The van der Waals surface area contributed by atoms with Crippen molar-refractivity contribution in [2.45, 2.75) is 25.3 Å². The third kappa shape index (κ3) is 4.30. The SMILES string of the molecule is CN(C)CCN1C(=O)CCC1CCNC(=O)c1cn(C)cn1. The van der Waals surface area contributed by atoms with Crippen LogP contribution < -0.4 is 5.32 Å². The lowest BCUT2D eigenvalue weighted by Crippen LogP contribution is -2.40. The molecule has 1 aromatic rings. The van der Waals surface area contributed by atoms with Crippen LogP contribution in [0.2, 0.25) is 0 Å². The predicted molar refractivity (Wildman–Crippen MR) is 83.4 cm³/mol. The molecule has 0 bridgehead atoms. The Balaban J connectivity index is 1.77. The summed E-state index contributed by atoms with van der Waals surface area (Å²) in [6.07, 6.45) is 5.58. The molecule has 1 saturated heterocycles. The first kappa shape index (κ1) is 16.5. The second kappa shape index (κ2) is 7.40. The quantitative estimate of drug-likeness (QED) is 0.775. The summed E-state index contributed by atoms with van der Waals surface area (Å²) >= 11 is 0. The third-order valence-corrected chi connectivity index (χ3v) is 3.94. The summed E-state index contributed by atoms with van der Waals surface area (Å²) in [7, 11) is 5.84. The number of aromatic nitrogens is 2. The van der Waals surface area contributed by atoms with Crippen LogP contribution in [0.25, 0.3) is 0 Å². The van der Waals surface area contributed by atoms with Gasteiger partial charge >= 0.3 is 0 Å². The molecule has 2 heterocycles. The molecule has 7 nitrogen and oxygen atoms in total. The zero-order valence-corrected chi connectivity index (χ0v) is 13.6. The first-order valence-electron chi connectivity index (χ1n) is 7.67. The average Bonchev–Trinajstić information content (AvgIpc) is 3.03. The van der Waals surface area contributed by atoms with E-state index in [1.54, 1.807) is 17.1 Å². The molecule has 1 unspecified atom stereocenters. The van der Waals surface area contributed by atoms with E-state index in [2.05, 4.69) is 15.2 Å². The Morgan fingerprint density at radius 1 is 1.50 bits per heavy atom. The summed E-state index contributed by atoms with van der Waals surface area (Å²) in [5, 5.41) is 2.88. The molecule has 0 aromatic carbocycles. The van der Waals surface area contributed by atoms with Crippen LogP contribution in [-0.2, 0) is 11.8 Å². The highest BCUT2D eigenvalue weighted by Crippen LogP contribution is 2.20. The van der Waals surface area contributed by atoms with Crippen molar-refractivity contribution in [3.8, 4) is 0 Å². The van der Waals surface area contributed by atoms with Crippen LogP contribution in [0.4, 0.5) is 0 Å². The molecule has 1 aliphatic heterocycles. The van der Waals surface area contributed by atoms with Crippen LogP contribution in [0, 0.1) is 0 Å². The minimum Gasteiger partial charge on any atom is -0.351 e. The smallest absolute Gasteiger partial charge is 0.271 e. The second-order valence-corrected chi connectivity index (χ2v) is 6.05. The molecule has 1 aliphatic rings. The first-order chi connectivity index (χ1) is 10.5. The van der Waals surface area contributed by atoms with Crippen molar-refractivity contribution in [2.24, 2.45) is 7.05 Å². The number of likely N-dealkylation sites (N-methyl/N-ethyl adjacent to an activating group) is 1. The molecular weight excluding hydrogens is 282 g/mol. The molecular formula is C15H25N5O2. The number of nitrogens with zero attached hydrogens (tertiary/aromatic N) is 4. The summed E-state index contributed by atoms with van der Waals surface area (Å²) in [5.74, 6) is 0.0627. The number of carbonyl (C=O) groups excluding carboxylic acids is 2.